The zero-order chi connectivity index (χ0) is 15.2. The third kappa shape index (κ3) is 5.55. The number of carbonyl (C=O) groups is 1. The van der Waals surface area contributed by atoms with E-state index in [-0.39, 0.29) is 25.2 Å². The SMILES string of the molecule is CCOC(CCCN1CC(S(=O)(=O)Cl)CC1=O)OCC. The Bertz CT molecular complexity index is 408. The lowest BCUT2D eigenvalue weighted by Crippen LogP contribution is -2.29. The number of rotatable bonds is 9. The lowest BCUT2D eigenvalue weighted by molar-refractivity contribution is -0.141. The van der Waals surface area contributed by atoms with Crippen LogP contribution in [0.15, 0.2) is 0 Å². The Morgan fingerprint density at radius 2 is 1.95 bits per heavy atom. The minimum absolute atomic E-state index is 0.0216. The van der Waals surface area contributed by atoms with Gasteiger partial charge in [0.2, 0.25) is 15.0 Å². The number of hydrogen-bond acceptors (Lipinski definition) is 5. The summed E-state index contributed by atoms with van der Waals surface area (Å²) in [4.78, 5) is 13.2. The first-order valence-electron chi connectivity index (χ1n) is 6.82. The van der Waals surface area contributed by atoms with Crippen molar-refractivity contribution in [3.63, 3.8) is 0 Å². The predicted octanol–water partition coefficient (Wildman–Crippen LogP) is 1.34. The Balaban J connectivity index is 2.37. The molecule has 1 aliphatic rings. The minimum atomic E-state index is -3.67. The monoisotopic (exact) mass is 327 g/mol. The second-order valence-electron chi connectivity index (χ2n) is 4.62. The molecule has 1 fully saturated rings. The summed E-state index contributed by atoms with van der Waals surface area (Å²) in [6, 6.07) is 0. The molecule has 118 valence electrons. The van der Waals surface area contributed by atoms with Crippen LogP contribution in [-0.4, -0.2) is 57.1 Å². The molecule has 6 nitrogen and oxygen atoms in total. The average molecular weight is 328 g/mol. The first-order valence-corrected chi connectivity index (χ1v) is 9.20. The number of nitrogens with zero attached hydrogens (tertiary/aromatic N) is 1. The molecule has 0 aromatic carbocycles. The van der Waals surface area contributed by atoms with Crippen molar-refractivity contribution in [2.75, 3.05) is 26.3 Å². The maximum atomic E-state index is 11.7. The number of halogens is 1. The third-order valence-corrected chi connectivity index (χ3v) is 5.02. The standard InChI is InChI=1S/C12H22ClNO5S/c1-3-18-12(19-4-2)6-5-7-14-9-10(8-11(14)15)20(13,16)17/h10,12H,3-9H2,1-2H3. The second-order valence-corrected chi connectivity index (χ2v) is 7.53. The van der Waals surface area contributed by atoms with Gasteiger partial charge >= 0.3 is 0 Å². The van der Waals surface area contributed by atoms with Crippen LogP contribution in [0.2, 0.25) is 0 Å². The zero-order valence-electron chi connectivity index (χ0n) is 11.9. The van der Waals surface area contributed by atoms with Gasteiger partial charge in [0.1, 0.15) is 5.25 Å². The molecule has 1 heterocycles. The normalized spacial score (nSPS) is 20.1. The molecule has 0 N–H and O–H groups in total. The fraction of sp³-hybridized carbons (Fsp3) is 0.917. The summed E-state index contributed by atoms with van der Waals surface area (Å²) in [5.74, 6) is -0.163. The Kier molecular flexibility index (Phi) is 7.22. The van der Waals surface area contributed by atoms with E-state index in [1.165, 1.54) is 0 Å². The molecule has 0 aromatic heterocycles. The summed E-state index contributed by atoms with van der Waals surface area (Å²) in [5.41, 5.74) is 0. The largest absolute Gasteiger partial charge is 0.353 e. The van der Waals surface area contributed by atoms with Crippen molar-refractivity contribution in [3.05, 3.63) is 0 Å². The fourth-order valence-electron chi connectivity index (χ4n) is 2.18. The van der Waals surface area contributed by atoms with Crippen LogP contribution in [0.25, 0.3) is 0 Å². The van der Waals surface area contributed by atoms with Crippen molar-refractivity contribution < 1.29 is 22.7 Å². The Labute approximate surface area is 124 Å². The van der Waals surface area contributed by atoms with Crippen LogP contribution in [0.4, 0.5) is 0 Å². The van der Waals surface area contributed by atoms with Gasteiger partial charge in [-0.15, -0.1) is 0 Å². The van der Waals surface area contributed by atoms with Gasteiger partial charge in [-0.3, -0.25) is 4.79 Å². The van der Waals surface area contributed by atoms with Crippen molar-refractivity contribution in [3.8, 4) is 0 Å². The highest BCUT2D eigenvalue weighted by molar-refractivity contribution is 8.14. The number of hydrogen-bond donors (Lipinski definition) is 0. The van der Waals surface area contributed by atoms with E-state index in [0.29, 0.717) is 32.6 Å². The molecule has 1 saturated heterocycles. The molecule has 8 heteroatoms. The van der Waals surface area contributed by atoms with Crippen molar-refractivity contribution in [1.29, 1.82) is 0 Å². The number of ether oxygens (including phenoxy) is 2. The Morgan fingerprint density at radius 3 is 2.40 bits per heavy atom. The molecule has 0 saturated carbocycles. The van der Waals surface area contributed by atoms with E-state index in [1.807, 2.05) is 13.8 Å². The van der Waals surface area contributed by atoms with Gasteiger partial charge in [-0.2, -0.15) is 0 Å². The van der Waals surface area contributed by atoms with Gasteiger partial charge < -0.3 is 14.4 Å². The molecule has 20 heavy (non-hydrogen) atoms. The lowest BCUT2D eigenvalue weighted by Gasteiger charge is -2.20. The summed E-state index contributed by atoms with van der Waals surface area (Å²) >= 11 is 0. The smallest absolute Gasteiger partial charge is 0.237 e. The van der Waals surface area contributed by atoms with Gasteiger partial charge in [-0.25, -0.2) is 8.42 Å². The van der Waals surface area contributed by atoms with E-state index < -0.39 is 14.3 Å². The van der Waals surface area contributed by atoms with Crippen molar-refractivity contribution in [2.45, 2.75) is 44.6 Å². The molecular weight excluding hydrogens is 306 g/mol. The average Bonchev–Trinajstić information content (AvgIpc) is 2.71. The minimum Gasteiger partial charge on any atom is -0.353 e. The van der Waals surface area contributed by atoms with Crippen LogP contribution < -0.4 is 0 Å². The van der Waals surface area contributed by atoms with E-state index in [1.54, 1.807) is 4.90 Å². The van der Waals surface area contributed by atoms with Gasteiger partial charge in [0, 0.05) is 49.8 Å². The highest BCUT2D eigenvalue weighted by atomic mass is 35.7. The van der Waals surface area contributed by atoms with Crippen LogP contribution >= 0.6 is 10.7 Å². The summed E-state index contributed by atoms with van der Waals surface area (Å²) < 4.78 is 33.3. The van der Waals surface area contributed by atoms with E-state index in [9.17, 15) is 13.2 Å². The molecular formula is C12H22ClNO5S. The van der Waals surface area contributed by atoms with Crippen molar-refractivity contribution in [2.24, 2.45) is 0 Å². The number of likely N-dealkylation sites (tertiary alicyclic amines) is 1. The van der Waals surface area contributed by atoms with Gasteiger partial charge in [-0.05, 0) is 20.3 Å². The van der Waals surface area contributed by atoms with Gasteiger partial charge in [0.25, 0.3) is 0 Å². The van der Waals surface area contributed by atoms with Crippen LogP contribution in [0.5, 0.6) is 0 Å². The maximum absolute atomic E-state index is 11.7. The maximum Gasteiger partial charge on any atom is 0.237 e. The highest BCUT2D eigenvalue weighted by Gasteiger charge is 2.36. The summed E-state index contributed by atoms with van der Waals surface area (Å²) in [6.45, 7) is 5.61. The van der Waals surface area contributed by atoms with Gasteiger partial charge in [0.05, 0.1) is 0 Å². The van der Waals surface area contributed by atoms with Crippen LogP contribution in [0, 0.1) is 0 Å². The fourth-order valence-corrected chi connectivity index (χ4v) is 3.23. The number of carbonyl (C=O) groups excluding carboxylic acids is 1. The van der Waals surface area contributed by atoms with Crippen LogP contribution in [0.3, 0.4) is 0 Å². The van der Waals surface area contributed by atoms with Gasteiger partial charge in [-0.1, -0.05) is 0 Å². The van der Waals surface area contributed by atoms with Crippen molar-refractivity contribution >= 4 is 25.6 Å². The Morgan fingerprint density at radius 1 is 1.35 bits per heavy atom. The summed E-state index contributed by atoms with van der Waals surface area (Å²) in [6.07, 6.45) is 1.08. The zero-order valence-corrected chi connectivity index (χ0v) is 13.5. The molecule has 0 aliphatic carbocycles. The molecule has 0 spiro atoms. The van der Waals surface area contributed by atoms with E-state index in [0.717, 1.165) is 0 Å². The predicted molar refractivity (Wildman–Crippen MR) is 76.0 cm³/mol. The summed E-state index contributed by atoms with van der Waals surface area (Å²) in [5, 5.41) is -0.786. The van der Waals surface area contributed by atoms with Gasteiger partial charge in [0.15, 0.2) is 6.29 Å². The van der Waals surface area contributed by atoms with E-state index >= 15 is 0 Å². The van der Waals surface area contributed by atoms with Crippen LogP contribution in [0.1, 0.15) is 33.1 Å². The molecule has 1 amide bonds. The second kappa shape index (κ2) is 8.17. The first kappa shape index (κ1) is 17.7. The van der Waals surface area contributed by atoms with E-state index in [4.69, 9.17) is 20.2 Å². The van der Waals surface area contributed by atoms with Crippen molar-refractivity contribution in [1.82, 2.24) is 4.90 Å². The quantitative estimate of drug-likeness (QED) is 0.472. The van der Waals surface area contributed by atoms with Crippen LogP contribution in [-0.2, 0) is 23.3 Å². The topological polar surface area (TPSA) is 72.9 Å². The Hall–Kier alpha value is -0.370. The summed E-state index contributed by atoms with van der Waals surface area (Å²) in [7, 11) is 1.62. The molecule has 1 aliphatic heterocycles. The molecule has 0 aromatic rings. The molecule has 1 atom stereocenters. The first-order chi connectivity index (χ1) is 9.38. The molecule has 1 rings (SSSR count). The molecule has 0 bridgehead atoms. The third-order valence-electron chi connectivity index (χ3n) is 3.15. The number of amides is 1. The van der Waals surface area contributed by atoms with E-state index in [2.05, 4.69) is 0 Å². The highest BCUT2D eigenvalue weighted by Crippen LogP contribution is 2.21. The molecule has 1 unspecified atom stereocenters. The lowest BCUT2D eigenvalue weighted by atomic mass is 10.3. The molecule has 0 radical (unpaired) electrons.